The molecule has 0 aromatic rings. The summed E-state index contributed by atoms with van der Waals surface area (Å²) < 4.78 is 38.7. The monoisotopic (exact) mass is 534 g/mol. The molecule has 0 heterocycles. The van der Waals surface area contributed by atoms with Crippen LogP contribution in [0.1, 0.15) is 104 Å². The van der Waals surface area contributed by atoms with Gasteiger partial charge in [-0.3, -0.25) is 0 Å². The quantitative estimate of drug-likeness (QED) is 0.0861. The highest BCUT2D eigenvalue weighted by molar-refractivity contribution is 4.46. The van der Waals surface area contributed by atoms with E-state index in [1.807, 2.05) is 0 Å². The predicted molar refractivity (Wildman–Crippen MR) is 152 cm³/mol. The topological polar surface area (TPSA) is 64.6 Å². The first kappa shape index (κ1) is 36.7. The molecule has 0 saturated carbocycles. The Morgan fingerprint density at radius 2 is 0.405 bits per heavy atom. The third kappa shape index (κ3) is 35.7. The van der Waals surface area contributed by atoms with Crippen LogP contribution in [0.2, 0.25) is 0 Å². The van der Waals surface area contributed by atoms with E-state index < -0.39 is 0 Å². The molecule has 0 aliphatic carbocycles. The SMILES string of the molecule is CCCCCCCCCCOCCOCCOCCOCCOCCOCCOCCCCCCCC. The van der Waals surface area contributed by atoms with E-state index in [1.54, 1.807) is 0 Å². The predicted octanol–water partition coefficient (Wildman–Crippen LogP) is 6.60. The van der Waals surface area contributed by atoms with Crippen LogP contribution in [0.5, 0.6) is 0 Å². The van der Waals surface area contributed by atoms with Crippen molar-refractivity contribution in [3.8, 4) is 0 Å². The van der Waals surface area contributed by atoms with Crippen molar-refractivity contribution in [1.29, 1.82) is 0 Å². The summed E-state index contributed by atoms with van der Waals surface area (Å²) in [7, 11) is 0. The fourth-order valence-electron chi connectivity index (χ4n) is 3.74. The van der Waals surface area contributed by atoms with Gasteiger partial charge in [0.25, 0.3) is 0 Å². The lowest BCUT2D eigenvalue weighted by Crippen LogP contribution is -2.14. The Balaban J connectivity index is 3.00. The van der Waals surface area contributed by atoms with Crippen LogP contribution >= 0.6 is 0 Å². The van der Waals surface area contributed by atoms with Crippen LogP contribution in [-0.4, -0.2) is 92.5 Å². The van der Waals surface area contributed by atoms with Gasteiger partial charge in [-0.1, -0.05) is 90.9 Å². The molecule has 0 amide bonds. The van der Waals surface area contributed by atoms with E-state index in [0.29, 0.717) is 79.3 Å². The van der Waals surface area contributed by atoms with Crippen LogP contribution in [0.4, 0.5) is 0 Å². The maximum atomic E-state index is 5.62. The molecular weight excluding hydrogens is 472 g/mol. The first-order chi connectivity index (χ1) is 18.4. The van der Waals surface area contributed by atoms with E-state index in [4.69, 9.17) is 33.2 Å². The van der Waals surface area contributed by atoms with Crippen molar-refractivity contribution < 1.29 is 33.2 Å². The molecule has 7 nitrogen and oxygen atoms in total. The summed E-state index contributed by atoms with van der Waals surface area (Å²) in [6.07, 6.45) is 18.4. The van der Waals surface area contributed by atoms with Crippen LogP contribution in [-0.2, 0) is 33.2 Å². The van der Waals surface area contributed by atoms with Gasteiger partial charge in [-0.25, -0.2) is 0 Å². The van der Waals surface area contributed by atoms with Gasteiger partial charge in [0.15, 0.2) is 0 Å². The molecule has 0 saturated heterocycles. The van der Waals surface area contributed by atoms with E-state index in [-0.39, 0.29) is 0 Å². The van der Waals surface area contributed by atoms with Gasteiger partial charge in [0, 0.05) is 13.2 Å². The number of hydrogen-bond acceptors (Lipinski definition) is 7. The highest BCUT2D eigenvalue weighted by Crippen LogP contribution is 2.08. The molecule has 0 aromatic carbocycles. The molecule has 0 radical (unpaired) electrons. The van der Waals surface area contributed by atoms with Gasteiger partial charge in [-0.15, -0.1) is 0 Å². The average molecular weight is 535 g/mol. The van der Waals surface area contributed by atoms with Crippen LogP contribution in [0, 0.1) is 0 Å². The van der Waals surface area contributed by atoms with Gasteiger partial charge in [-0.05, 0) is 12.8 Å². The van der Waals surface area contributed by atoms with Gasteiger partial charge < -0.3 is 33.2 Å². The second kappa shape index (κ2) is 35.7. The summed E-state index contributed by atoms with van der Waals surface area (Å²) in [4.78, 5) is 0. The van der Waals surface area contributed by atoms with E-state index in [2.05, 4.69) is 13.8 Å². The Hall–Kier alpha value is -0.280. The lowest BCUT2D eigenvalue weighted by molar-refractivity contribution is -0.0206. The zero-order chi connectivity index (χ0) is 26.7. The molecule has 37 heavy (non-hydrogen) atoms. The van der Waals surface area contributed by atoms with Crippen LogP contribution < -0.4 is 0 Å². The lowest BCUT2D eigenvalue weighted by atomic mass is 10.1. The second-order valence-corrected chi connectivity index (χ2v) is 9.53. The fourth-order valence-corrected chi connectivity index (χ4v) is 3.74. The van der Waals surface area contributed by atoms with Crippen molar-refractivity contribution in [3.63, 3.8) is 0 Å². The first-order valence-corrected chi connectivity index (χ1v) is 15.5. The first-order valence-electron chi connectivity index (χ1n) is 15.5. The fraction of sp³-hybridized carbons (Fsp3) is 1.00. The van der Waals surface area contributed by atoms with Gasteiger partial charge in [0.1, 0.15) is 0 Å². The van der Waals surface area contributed by atoms with E-state index in [1.165, 1.54) is 77.0 Å². The van der Waals surface area contributed by atoms with Crippen LogP contribution in [0.3, 0.4) is 0 Å². The molecule has 0 fully saturated rings. The van der Waals surface area contributed by atoms with E-state index in [9.17, 15) is 0 Å². The standard InChI is InChI=1S/C30H62O7/c1-3-5-7-9-11-12-14-16-18-32-20-22-34-24-26-36-28-30-37-29-27-35-25-23-33-21-19-31-17-15-13-10-8-6-4-2/h3-30H2,1-2H3. The summed E-state index contributed by atoms with van der Waals surface area (Å²) in [5, 5.41) is 0. The zero-order valence-corrected chi connectivity index (χ0v) is 24.7. The third-order valence-corrected chi connectivity index (χ3v) is 6.02. The summed E-state index contributed by atoms with van der Waals surface area (Å²) in [5.41, 5.74) is 0. The molecule has 0 aliphatic rings. The van der Waals surface area contributed by atoms with Gasteiger partial charge in [0.2, 0.25) is 0 Å². The maximum Gasteiger partial charge on any atom is 0.0701 e. The van der Waals surface area contributed by atoms with Crippen molar-refractivity contribution in [2.75, 3.05) is 92.5 Å². The van der Waals surface area contributed by atoms with Crippen molar-refractivity contribution in [3.05, 3.63) is 0 Å². The number of unbranched alkanes of at least 4 members (excludes halogenated alkanes) is 12. The number of hydrogen-bond donors (Lipinski definition) is 0. The van der Waals surface area contributed by atoms with Crippen molar-refractivity contribution in [2.45, 2.75) is 104 Å². The van der Waals surface area contributed by atoms with Gasteiger partial charge >= 0.3 is 0 Å². The minimum Gasteiger partial charge on any atom is -0.379 e. The van der Waals surface area contributed by atoms with E-state index >= 15 is 0 Å². The van der Waals surface area contributed by atoms with Gasteiger partial charge in [0.05, 0.1) is 79.3 Å². The summed E-state index contributed by atoms with van der Waals surface area (Å²) in [6.45, 7) is 13.4. The Morgan fingerprint density at radius 1 is 0.216 bits per heavy atom. The molecule has 7 heteroatoms. The molecule has 0 atom stereocenters. The smallest absolute Gasteiger partial charge is 0.0701 e. The maximum absolute atomic E-state index is 5.62. The minimum absolute atomic E-state index is 0.567. The zero-order valence-electron chi connectivity index (χ0n) is 24.7. The molecule has 0 unspecified atom stereocenters. The second-order valence-electron chi connectivity index (χ2n) is 9.53. The van der Waals surface area contributed by atoms with Gasteiger partial charge in [-0.2, -0.15) is 0 Å². The molecule has 0 aliphatic heterocycles. The third-order valence-electron chi connectivity index (χ3n) is 6.02. The molecule has 0 N–H and O–H groups in total. The Labute approximate surface area is 229 Å². The average Bonchev–Trinajstić information content (AvgIpc) is 2.91. The molecular formula is C30H62O7. The largest absolute Gasteiger partial charge is 0.379 e. The number of rotatable bonds is 34. The summed E-state index contributed by atoms with van der Waals surface area (Å²) in [5.74, 6) is 0. The highest BCUT2D eigenvalue weighted by atomic mass is 16.6. The molecule has 0 bridgehead atoms. The molecule has 0 rings (SSSR count). The highest BCUT2D eigenvalue weighted by Gasteiger charge is 1.96. The Kier molecular flexibility index (Phi) is 35.4. The van der Waals surface area contributed by atoms with Crippen LogP contribution in [0.25, 0.3) is 0 Å². The molecule has 0 spiro atoms. The summed E-state index contributed by atoms with van der Waals surface area (Å²) in [6, 6.07) is 0. The van der Waals surface area contributed by atoms with Crippen molar-refractivity contribution in [1.82, 2.24) is 0 Å². The minimum atomic E-state index is 0.567. The Bertz CT molecular complexity index is 351. The molecule has 0 aromatic heterocycles. The lowest BCUT2D eigenvalue weighted by Gasteiger charge is -2.08. The Morgan fingerprint density at radius 3 is 0.649 bits per heavy atom. The summed E-state index contributed by atoms with van der Waals surface area (Å²) >= 11 is 0. The van der Waals surface area contributed by atoms with Crippen molar-refractivity contribution >= 4 is 0 Å². The van der Waals surface area contributed by atoms with Crippen LogP contribution in [0.15, 0.2) is 0 Å². The van der Waals surface area contributed by atoms with E-state index in [0.717, 1.165) is 26.1 Å². The molecule has 224 valence electrons. The van der Waals surface area contributed by atoms with Crippen molar-refractivity contribution in [2.24, 2.45) is 0 Å². The normalized spacial score (nSPS) is 11.5. The number of ether oxygens (including phenoxy) is 7.